The Balaban J connectivity index is 1.47. The van der Waals surface area contributed by atoms with E-state index in [4.69, 9.17) is 10.9 Å². The lowest BCUT2D eigenvalue weighted by Gasteiger charge is -2.10. The molecule has 10 heteroatoms. The van der Waals surface area contributed by atoms with Crippen LogP contribution in [0.3, 0.4) is 0 Å². The number of nitrogens with one attached hydrogen (secondary N) is 3. The molecule has 0 atom stereocenters. The highest BCUT2D eigenvalue weighted by Crippen LogP contribution is 2.18. The predicted molar refractivity (Wildman–Crippen MR) is 123 cm³/mol. The van der Waals surface area contributed by atoms with Crippen LogP contribution in [-0.4, -0.2) is 26.8 Å². The summed E-state index contributed by atoms with van der Waals surface area (Å²) in [5.41, 5.74) is 8.71. The number of amides is 2. The van der Waals surface area contributed by atoms with Crippen molar-refractivity contribution in [1.29, 1.82) is 0 Å². The Kier molecular flexibility index (Phi) is 7.08. The fourth-order valence-corrected chi connectivity index (χ4v) is 3.30. The van der Waals surface area contributed by atoms with Crippen molar-refractivity contribution in [2.45, 2.75) is 11.4 Å². The number of primary sulfonamides is 1. The Labute approximate surface area is 185 Å². The molecule has 0 unspecified atom stereocenters. The van der Waals surface area contributed by atoms with Crippen LogP contribution < -0.4 is 26.8 Å². The number of nitrogen functional groups attached to an aromatic ring is 1. The molecule has 3 aromatic rings. The maximum Gasteiger partial charge on any atom is 0.255 e. The second-order valence-corrected chi connectivity index (χ2v) is 8.50. The normalized spacial score (nSPS) is 10.9. The van der Waals surface area contributed by atoms with Gasteiger partial charge in [-0.15, -0.1) is 0 Å². The second-order valence-electron chi connectivity index (χ2n) is 6.94. The molecule has 0 fully saturated rings. The van der Waals surface area contributed by atoms with Crippen LogP contribution in [0.15, 0.2) is 77.7 Å². The molecule has 0 radical (unpaired) electrons. The number of hydrogen-bond acceptors (Lipinski definition) is 6. The molecule has 9 nitrogen and oxygen atoms in total. The van der Waals surface area contributed by atoms with Crippen LogP contribution in [-0.2, 0) is 21.4 Å². The average molecular weight is 454 g/mol. The van der Waals surface area contributed by atoms with Crippen molar-refractivity contribution >= 4 is 38.9 Å². The van der Waals surface area contributed by atoms with E-state index >= 15 is 0 Å². The van der Waals surface area contributed by atoms with Gasteiger partial charge in [0.05, 0.1) is 22.8 Å². The van der Waals surface area contributed by atoms with Gasteiger partial charge in [-0.2, -0.15) is 0 Å². The molecular formula is C22H23N5O4S. The van der Waals surface area contributed by atoms with E-state index in [0.29, 0.717) is 22.6 Å². The molecule has 7 N–H and O–H groups in total. The van der Waals surface area contributed by atoms with Gasteiger partial charge in [-0.3, -0.25) is 9.59 Å². The van der Waals surface area contributed by atoms with Crippen molar-refractivity contribution in [3.05, 3.63) is 83.9 Å². The number of hydrogen-bond donors (Lipinski definition) is 5. The quantitative estimate of drug-likeness (QED) is 0.328. The Hall–Kier alpha value is -3.89. The summed E-state index contributed by atoms with van der Waals surface area (Å²) in [6, 6.07) is 19.6. The number of carbonyl (C=O) groups is 2. The number of anilines is 3. The summed E-state index contributed by atoms with van der Waals surface area (Å²) in [5.74, 6) is -0.539. The van der Waals surface area contributed by atoms with Crippen molar-refractivity contribution in [1.82, 2.24) is 5.32 Å². The Morgan fingerprint density at radius 3 is 2.16 bits per heavy atom. The van der Waals surface area contributed by atoms with Crippen molar-refractivity contribution in [2.24, 2.45) is 5.14 Å². The molecule has 0 aliphatic carbocycles. The van der Waals surface area contributed by atoms with Crippen molar-refractivity contribution < 1.29 is 18.0 Å². The molecule has 0 heterocycles. The van der Waals surface area contributed by atoms with Gasteiger partial charge in [0.25, 0.3) is 5.91 Å². The van der Waals surface area contributed by atoms with Crippen LogP contribution in [0.25, 0.3) is 0 Å². The number of benzene rings is 3. The highest BCUT2D eigenvalue weighted by Gasteiger charge is 2.09. The number of sulfonamides is 1. The van der Waals surface area contributed by atoms with E-state index in [1.54, 1.807) is 60.7 Å². The molecule has 0 spiro atoms. The highest BCUT2D eigenvalue weighted by molar-refractivity contribution is 7.89. The van der Waals surface area contributed by atoms with Gasteiger partial charge in [-0.05, 0) is 54.1 Å². The molecule has 0 aromatic heterocycles. The zero-order valence-corrected chi connectivity index (χ0v) is 17.9. The number of carbonyl (C=O) groups excluding carboxylic acids is 2. The van der Waals surface area contributed by atoms with Crippen LogP contribution >= 0.6 is 0 Å². The van der Waals surface area contributed by atoms with Gasteiger partial charge in [-0.25, -0.2) is 13.6 Å². The SMILES string of the molecule is Nc1ccccc1NC(=O)c1ccc(NCC(=O)NCc2ccc(S(N)(=O)=O)cc2)cc1. The van der Waals surface area contributed by atoms with Gasteiger partial charge in [0, 0.05) is 17.8 Å². The summed E-state index contributed by atoms with van der Waals surface area (Å²) in [6.07, 6.45) is 0. The Morgan fingerprint density at radius 2 is 1.53 bits per heavy atom. The van der Waals surface area contributed by atoms with E-state index in [1.165, 1.54) is 12.1 Å². The molecular weight excluding hydrogens is 430 g/mol. The molecule has 0 aliphatic heterocycles. The fraction of sp³-hybridized carbons (Fsp3) is 0.0909. The summed E-state index contributed by atoms with van der Waals surface area (Å²) < 4.78 is 22.5. The van der Waals surface area contributed by atoms with Gasteiger partial charge < -0.3 is 21.7 Å². The molecule has 3 aromatic carbocycles. The first-order valence-electron chi connectivity index (χ1n) is 9.60. The number of rotatable bonds is 8. The van der Waals surface area contributed by atoms with Gasteiger partial charge in [0.15, 0.2) is 0 Å². The van der Waals surface area contributed by atoms with E-state index in [1.807, 2.05) is 0 Å². The van der Waals surface area contributed by atoms with Gasteiger partial charge in [0.1, 0.15) is 0 Å². The van der Waals surface area contributed by atoms with Gasteiger partial charge in [0.2, 0.25) is 15.9 Å². The summed E-state index contributed by atoms with van der Waals surface area (Å²) in [5, 5.41) is 13.5. The van der Waals surface area contributed by atoms with E-state index in [0.717, 1.165) is 5.56 Å². The van der Waals surface area contributed by atoms with Crippen molar-refractivity contribution in [2.75, 3.05) is 22.9 Å². The van der Waals surface area contributed by atoms with E-state index in [-0.39, 0.29) is 29.8 Å². The Morgan fingerprint density at radius 1 is 0.875 bits per heavy atom. The maximum atomic E-state index is 12.3. The zero-order chi connectivity index (χ0) is 23.1. The third-order valence-electron chi connectivity index (χ3n) is 4.55. The maximum absolute atomic E-state index is 12.3. The number of nitrogens with two attached hydrogens (primary N) is 2. The Bertz CT molecular complexity index is 1210. The lowest BCUT2D eigenvalue weighted by molar-refractivity contribution is -0.119. The fourth-order valence-electron chi connectivity index (χ4n) is 2.79. The first-order chi connectivity index (χ1) is 15.2. The average Bonchev–Trinajstić information content (AvgIpc) is 2.78. The lowest BCUT2D eigenvalue weighted by Crippen LogP contribution is -2.29. The first-order valence-corrected chi connectivity index (χ1v) is 11.2. The molecule has 0 aliphatic rings. The lowest BCUT2D eigenvalue weighted by atomic mass is 10.2. The van der Waals surface area contributed by atoms with E-state index in [9.17, 15) is 18.0 Å². The minimum atomic E-state index is -3.74. The minimum absolute atomic E-state index is 0.0126. The highest BCUT2D eigenvalue weighted by atomic mass is 32.2. The van der Waals surface area contributed by atoms with Crippen LogP contribution in [0.1, 0.15) is 15.9 Å². The van der Waals surface area contributed by atoms with Crippen molar-refractivity contribution in [3.8, 4) is 0 Å². The predicted octanol–water partition coefficient (Wildman–Crippen LogP) is 1.90. The molecule has 0 saturated heterocycles. The number of para-hydroxylation sites is 2. The molecule has 3 rings (SSSR count). The standard InChI is InChI=1S/C22H23N5O4S/c23-19-3-1-2-4-20(19)27-22(29)16-7-9-17(10-8-16)25-14-21(28)26-13-15-5-11-18(12-6-15)32(24,30)31/h1-12,25H,13-14,23H2,(H,26,28)(H,27,29)(H2,24,30,31). The van der Waals surface area contributed by atoms with Gasteiger partial charge in [-0.1, -0.05) is 24.3 Å². The molecule has 166 valence electrons. The first kappa shape index (κ1) is 22.8. The van der Waals surface area contributed by atoms with Crippen molar-refractivity contribution in [3.63, 3.8) is 0 Å². The molecule has 0 saturated carbocycles. The largest absolute Gasteiger partial charge is 0.397 e. The smallest absolute Gasteiger partial charge is 0.255 e. The summed E-state index contributed by atoms with van der Waals surface area (Å²) in [4.78, 5) is 24.4. The van der Waals surface area contributed by atoms with Crippen LogP contribution in [0.5, 0.6) is 0 Å². The third kappa shape index (κ3) is 6.30. The van der Waals surface area contributed by atoms with E-state index in [2.05, 4.69) is 16.0 Å². The third-order valence-corrected chi connectivity index (χ3v) is 5.48. The molecule has 2 amide bonds. The second kappa shape index (κ2) is 9.94. The van der Waals surface area contributed by atoms with Crippen LogP contribution in [0.4, 0.5) is 17.1 Å². The monoisotopic (exact) mass is 453 g/mol. The van der Waals surface area contributed by atoms with E-state index < -0.39 is 10.0 Å². The molecule has 32 heavy (non-hydrogen) atoms. The summed E-state index contributed by atoms with van der Waals surface area (Å²) in [6.45, 7) is 0.272. The van der Waals surface area contributed by atoms with Crippen LogP contribution in [0, 0.1) is 0 Å². The zero-order valence-electron chi connectivity index (χ0n) is 17.0. The summed E-state index contributed by atoms with van der Waals surface area (Å²) in [7, 11) is -3.74. The summed E-state index contributed by atoms with van der Waals surface area (Å²) >= 11 is 0. The topological polar surface area (TPSA) is 156 Å². The molecule has 0 bridgehead atoms. The van der Waals surface area contributed by atoms with Crippen LogP contribution in [0.2, 0.25) is 0 Å². The minimum Gasteiger partial charge on any atom is -0.397 e. The van der Waals surface area contributed by atoms with Gasteiger partial charge >= 0.3 is 0 Å².